The molecule has 1 aromatic heterocycles. The highest BCUT2D eigenvalue weighted by Crippen LogP contribution is 2.24. The Hall–Kier alpha value is -0.870. The van der Waals surface area contributed by atoms with Crippen molar-refractivity contribution in [1.29, 1.82) is 0 Å². The van der Waals surface area contributed by atoms with Crippen LogP contribution in [0.15, 0.2) is 12.3 Å². The maximum atomic E-state index is 4.51. The van der Waals surface area contributed by atoms with Gasteiger partial charge in [0, 0.05) is 38.4 Å². The Morgan fingerprint density at radius 1 is 1.42 bits per heavy atom. The molecule has 1 aliphatic rings. The molecule has 4 heteroatoms. The lowest BCUT2D eigenvalue weighted by molar-refractivity contribution is 0.155. The van der Waals surface area contributed by atoms with Crippen LogP contribution >= 0.6 is 0 Å². The van der Waals surface area contributed by atoms with Gasteiger partial charge in [0.1, 0.15) is 0 Å². The lowest BCUT2D eigenvalue weighted by Gasteiger charge is -2.35. The highest BCUT2D eigenvalue weighted by Gasteiger charge is 2.30. The van der Waals surface area contributed by atoms with Crippen LogP contribution in [-0.2, 0) is 13.6 Å². The zero-order valence-electron chi connectivity index (χ0n) is 13.0. The van der Waals surface area contributed by atoms with Gasteiger partial charge in [-0.2, -0.15) is 5.10 Å². The molecule has 1 fully saturated rings. The molecule has 0 aliphatic carbocycles. The van der Waals surface area contributed by atoms with Crippen molar-refractivity contribution in [2.75, 3.05) is 13.1 Å². The first kappa shape index (κ1) is 14.5. The summed E-state index contributed by atoms with van der Waals surface area (Å²) in [5.41, 5.74) is 1.47. The number of nitrogens with one attached hydrogen (secondary N) is 1. The molecule has 0 saturated carbocycles. The third-order valence-corrected chi connectivity index (χ3v) is 4.17. The van der Waals surface area contributed by atoms with E-state index < -0.39 is 0 Å². The van der Waals surface area contributed by atoms with Crippen LogP contribution < -0.4 is 5.32 Å². The van der Waals surface area contributed by atoms with E-state index in [-0.39, 0.29) is 0 Å². The predicted octanol–water partition coefficient (Wildman–Crippen LogP) is 2.02. The second-order valence-corrected chi connectivity index (χ2v) is 6.92. The molecule has 2 atom stereocenters. The summed E-state index contributed by atoms with van der Waals surface area (Å²) in [5.74, 6) is 0. The Morgan fingerprint density at radius 2 is 2.16 bits per heavy atom. The van der Waals surface area contributed by atoms with E-state index in [1.165, 1.54) is 12.1 Å². The van der Waals surface area contributed by atoms with Gasteiger partial charge in [0.05, 0.1) is 5.69 Å². The molecular weight excluding hydrogens is 236 g/mol. The summed E-state index contributed by atoms with van der Waals surface area (Å²) < 4.78 is 1.89. The lowest BCUT2D eigenvalue weighted by Crippen LogP contribution is -2.47. The van der Waals surface area contributed by atoms with Gasteiger partial charge in [-0.25, -0.2) is 0 Å². The summed E-state index contributed by atoms with van der Waals surface area (Å²) in [7, 11) is 1.98. The van der Waals surface area contributed by atoms with Gasteiger partial charge in [0.2, 0.25) is 0 Å². The maximum absolute atomic E-state index is 4.51. The van der Waals surface area contributed by atoms with Crippen molar-refractivity contribution in [3.63, 3.8) is 0 Å². The van der Waals surface area contributed by atoms with Gasteiger partial charge in [-0.3, -0.25) is 9.58 Å². The first-order chi connectivity index (χ1) is 8.86. The maximum Gasteiger partial charge on any atom is 0.0764 e. The molecule has 2 heterocycles. The van der Waals surface area contributed by atoms with Gasteiger partial charge in [0.15, 0.2) is 0 Å². The van der Waals surface area contributed by atoms with Crippen molar-refractivity contribution >= 4 is 0 Å². The first-order valence-electron chi connectivity index (χ1n) is 7.32. The predicted molar refractivity (Wildman–Crippen MR) is 78.9 cm³/mol. The summed E-state index contributed by atoms with van der Waals surface area (Å²) in [6.45, 7) is 12.5. The van der Waals surface area contributed by atoms with E-state index in [1.54, 1.807) is 0 Å². The molecule has 0 amide bonds. The minimum atomic E-state index is 0.298. The van der Waals surface area contributed by atoms with E-state index in [9.17, 15) is 0 Å². The van der Waals surface area contributed by atoms with Gasteiger partial charge < -0.3 is 5.32 Å². The molecule has 1 N–H and O–H groups in total. The smallest absolute Gasteiger partial charge is 0.0764 e. The Kier molecular flexibility index (Phi) is 4.31. The fraction of sp³-hybridized carbons (Fsp3) is 0.800. The Balaban J connectivity index is 2.07. The van der Waals surface area contributed by atoms with Crippen LogP contribution in [0.5, 0.6) is 0 Å². The Morgan fingerprint density at radius 3 is 2.74 bits per heavy atom. The van der Waals surface area contributed by atoms with Crippen molar-refractivity contribution in [2.45, 2.75) is 52.7 Å². The Bertz CT molecular complexity index is 405. The van der Waals surface area contributed by atoms with E-state index in [1.807, 2.05) is 17.9 Å². The van der Waals surface area contributed by atoms with E-state index in [2.05, 4.69) is 49.1 Å². The second kappa shape index (κ2) is 5.63. The molecule has 0 bridgehead atoms. The number of rotatable bonds is 2. The second-order valence-electron chi connectivity index (χ2n) is 6.92. The minimum absolute atomic E-state index is 0.298. The fourth-order valence-corrected chi connectivity index (χ4v) is 2.68. The number of nitrogens with zero attached hydrogens (tertiary/aromatic N) is 3. The summed E-state index contributed by atoms with van der Waals surface area (Å²) in [4.78, 5) is 2.57. The Labute approximate surface area is 117 Å². The monoisotopic (exact) mass is 264 g/mol. The molecule has 4 nitrogen and oxygen atoms in total. The molecule has 1 saturated heterocycles. The molecular formula is C15H28N4. The van der Waals surface area contributed by atoms with Crippen LogP contribution in [-0.4, -0.2) is 39.9 Å². The first-order valence-corrected chi connectivity index (χ1v) is 7.32. The van der Waals surface area contributed by atoms with E-state index in [4.69, 9.17) is 0 Å². The quantitative estimate of drug-likeness (QED) is 0.887. The standard InChI is InChI=1S/C15H28N4/c1-12-6-8-16-14(15(2,3)4)11-19(12)10-13-7-9-18(5)17-13/h7,9,12,14,16H,6,8,10-11H2,1-5H3. The largest absolute Gasteiger partial charge is 0.312 e. The topological polar surface area (TPSA) is 33.1 Å². The molecule has 0 spiro atoms. The van der Waals surface area contributed by atoms with Crippen LogP contribution in [0.25, 0.3) is 0 Å². The average Bonchev–Trinajstić information content (AvgIpc) is 2.60. The molecule has 2 unspecified atom stereocenters. The van der Waals surface area contributed by atoms with Gasteiger partial charge >= 0.3 is 0 Å². The normalized spacial score (nSPS) is 26.4. The van der Waals surface area contributed by atoms with Crippen LogP contribution in [0.4, 0.5) is 0 Å². The van der Waals surface area contributed by atoms with Crippen molar-refractivity contribution in [2.24, 2.45) is 12.5 Å². The summed E-state index contributed by atoms with van der Waals surface area (Å²) in [6.07, 6.45) is 3.23. The molecule has 1 aromatic rings. The van der Waals surface area contributed by atoms with Crippen LogP contribution in [0.2, 0.25) is 0 Å². The zero-order chi connectivity index (χ0) is 14.0. The van der Waals surface area contributed by atoms with Gasteiger partial charge in [0.25, 0.3) is 0 Å². The highest BCUT2D eigenvalue weighted by atomic mass is 15.3. The van der Waals surface area contributed by atoms with Crippen LogP contribution in [0.3, 0.4) is 0 Å². The number of aromatic nitrogens is 2. The van der Waals surface area contributed by atoms with E-state index >= 15 is 0 Å². The SMILES string of the molecule is CC1CCNC(C(C)(C)C)CN1Cc1ccn(C)n1. The third kappa shape index (κ3) is 3.80. The van der Waals surface area contributed by atoms with Gasteiger partial charge in [-0.1, -0.05) is 20.8 Å². The zero-order valence-corrected chi connectivity index (χ0v) is 13.0. The van der Waals surface area contributed by atoms with Crippen molar-refractivity contribution in [3.05, 3.63) is 18.0 Å². The van der Waals surface area contributed by atoms with Crippen molar-refractivity contribution < 1.29 is 0 Å². The number of aryl methyl sites for hydroxylation is 1. The van der Waals surface area contributed by atoms with Gasteiger partial charge in [-0.15, -0.1) is 0 Å². The van der Waals surface area contributed by atoms with Crippen molar-refractivity contribution in [1.82, 2.24) is 20.0 Å². The van der Waals surface area contributed by atoms with E-state index in [0.29, 0.717) is 17.5 Å². The highest BCUT2D eigenvalue weighted by molar-refractivity contribution is 5.00. The summed E-state index contributed by atoms with van der Waals surface area (Å²) in [6, 6.07) is 3.28. The number of hydrogen-bond acceptors (Lipinski definition) is 3. The van der Waals surface area contributed by atoms with Crippen molar-refractivity contribution in [3.8, 4) is 0 Å². The minimum Gasteiger partial charge on any atom is -0.312 e. The molecule has 108 valence electrons. The molecule has 1 aliphatic heterocycles. The third-order valence-electron chi connectivity index (χ3n) is 4.17. The average molecular weight is 264 g/mol. The number of hydrogen-bond donors (Lipinski definition) is 1. The summed E-state index contributed by atoms with van der Waals surface area (Å²) in [5, 5.41) is 8.22. The molecule has 19 heavy (non-hydrogen) atoms. The molecule has 0 aromatic carbocycles. The van der Waals surface area contributed by atoms with Crippen LogP contribution in [0, 0.1) is 5.41 Å². The fourth-order valence-electron chi connectivity index (χ4n) is 2.68. The van der Waals surface area contributed by atoms with Gasteiger partial charge in [-0.05, 0) is 31.4 Å². The summed E-state index contributed by atoms with van der Waals surface area (Å²) >= 11 is 0. The molecule has 2 rings (SSSR count). The lowest BCUT2D eigenvalue weighted by atomic mass is 9.86. The van der Waals surface area contributed by atoms with E-state index in [0.717, 1.165) is 19.6 Å². The molecule has 0 radical (unpaired) electrons. The van der Waals surface area contributed by atoms with Crippen LogP contribution in [0.1, 0.15) is 39.8 Å².